The van der Waals surface area contributed by atoms with E-state index in [1.165, 1.54) is 11.1 Å². The van der Waals surface area contributed by atoms with Crippen molar-refractivity contribution < 1.29 is 4.74 Å². The summed E-state index contributed by atoms with van der Waals surface area (Å²) in [5.74, 6) is 0.983. The van der Waals surface area contributed by atoms with Gasteiger partial charge >= 0.3 is 0 Å². The number of aryl methyl sites for hydroxylation is 2. The fourth-order valence-corrected chi connectivity index (χ4v) is 1.73. The molecule has 90 valence electrons. The SMILES string of the molecule is CCCC(CNC)Oc1ccc(C)c(C)c1. The number of nitrogens with one attached hydrogen (secondary N) is 1. The van der Waals surface area contributed by atoms with Crippen LogP contribution >= 0.6 is 0 Å². The van der Waals surface area contributed by atoms with E-state index in [-0.39, 0.29) is 6.10 Å². The lowest BCUT2D eigenvalue weighted by Crippen LogP contribution is -2.29. The van der Waals surface area contributed by atoms with Crippen molar-refractivity contribution in [2.24, 2.45) is 0 Å². The first-order valence-corrected chi connectivity index (χ1v) is 6.06. The summed E-state index contributed by atoms with van der Waals surface area (Å²) in [5, 5.41) is 3.17. The van der Waals surface area contributed by atoms with Crippen molar-refractivity contribution in [1.82, 2.24) is 5.32 Å². The fourth-order valence-electron chi connectivity index (χ4n) is 1.73. The summed E-state index contributed by atoms with van der Waals surface area (Å²) in [6, 6.07) is 6.29. The monoisotopic (exact) mass is 221 g/mol. The van der Waals surface area contributed by atoms with Gasteiger partial charge in [-0.15, -0.1) is 0 Å². The highest BCUT2D eigenvalue weighted by Crippen LogP contribution is 2.18. The molecule has 0 aliphatic rings. The van der Waals surface area contributed by atoms with E-state index in [2.05, 4.69) is 44.3 Å². The van der Waals surface area contributed by atoms with E-state index in [4.69, 9.17) is 4.74 Å². The average Bonchev–Trinajstić information content (AvgIpc) is 2.24. The van der Waals surface area contributed by atoms with Crippen molar-refractivity contribution in [3.63, 3.8) is 0 Å². The summed E-state index contributed by atoms with van der Waals surface area (Å²) in [6.45, 7) is 7.33. The van der Waals surface area contributed by atoms with Crippen LogP contribution in [0.4, 0.5) is 0 Å². The number of benzene rings is 1. The van der Waals surface area contributed by atoms with Gasteiger partial charge in [0, 0.05) is 6.54 Å². The minimum absolute atomic E-state index is 0.275. The highest BCUT2D eigenvalue weighted by Gasteiger charge is 2.08. The van der Waals surface area contributed by atoms with Gasteiger partial charge in [0.15, 0.2) is 0 Å². The smallest absolute Gasteiger partial charge is 0.120 e. The molecular formula is C14H23NO. The molecule has 0 heterocycles. The van der Waals surface area contributed by atoms with E-state index in [0.29, 0.717) is 0 Å². The van der Waals surface area contributed by atoms with Crippen molar-refractivity contribution in [3.05, 3.63) is 29.3 Å². The van der Waals surface area contributed by atoms with E-state index in [1.807, 2.05) is 7.05 Å². The average molecular weight is 221 g/mol. The second-order valence-corrected chi connectivity index (χ2v) is 4.33. The summed E-state index contributed by atoms with van der Waals surface area (Å²) in [5.41, 5.74) is 2.60. The van der Waals surface area contributed by atoms with Crippen LogP contribution in [0.25, 0.3) is 0 Å². The molecule has 0 amide bonds. The third-order valence-corrected chi connectivity index (χ3v) is 2.82. The summed E-state index contributed by atoms with van der Waals surface area (Å²) in [7, 11) is 1.96. The van der Waals surface area contributed by atoms with Gasteiger partial charge in [0.25, 0.3) is 0 Å². The Morgan fingerprint density at radius 2 is 2.00 bits per heavy atom. The Labute approximate surface area is 99.0 Å². The number of hydrogen-bond donors (Lipinski definition) is 1. The topological polar surface area (TPSA) is 21.3 Å². The first-order valence-electron chi connectivity index (χ1n) is 6.06. The summed E-state index contributed by atoms with van der Waals surface area (Å²) in [6.07, 6.45) is 2.52. The zero-order chi connectivity index (χ0) is 12.0. The third-order valence-electron chi connectivity index (χ3n) is 2.82. The number of hydrogen-bond acceptors (Lipinski definition) is 2. The predicted molar refractivity (Wildman–Crippen MR) is 69.2 cm³/mol. The molecule has 2 heteroatoms. The molecule has 1 atom stereocenters. The fraction of sp³-hybridized carbons (Fsp3) is 0.571. The van der Waals surface area contributed by atoms with Crippen molar-refractivity contribution in [1.29, 1.82) is 0 Å². The van der Waals surface area contributed by atoms with Crippen LogP contribution in [0.5, 0.6) is 5.75 Å². The highest BCUT2D eigenvalue weighted by molar-refractivity contribution is 5.33. The molecule has 0 fully saturated rings. The molecule has 1 N–H and O–H groups in total. The van der Waals surface area contributed by atoms with Crippen molar-refractivity contribution in [3.8, 4) is 5.75 Å². The Morgan fingerprint density at radius 3 is 2.56 bits per heavy atom. The van der Waals surface area contributed by atoms with Crippen LogP contribution in [0.15, 0.2) is 18.2 Å². The Hall–Kier alpha value is -1.02. The molecule has 0 aliphatic carbocycles. The molecule has 16 heavy (non-hydrogen) atoms. The van der Waals surface area contributed by atoms with Gasteiger partial charge in [-0.25, -0.2) is 0 Å². The zero-order valence-electron chi connectivity index (χ0n) is 10.8. The molecule has 0 radical (unpaired) electrons. The van der Waals surface area contributed by atoms with Gasteiger partial charge in [-0.3, -0.25) is 0 Å². The molecule has 0 spiro atoms. The van der Waals surface area contributed by atoms with Crippen LogP contribution in [0, 0.1) is 13.8 Å². The van der Waals surface area contributed by atoms with Gasteiger partial charge in [0.1, 0.15) is 11.9 Å². The zero-order valence-corrected chi connectivity index (χ0v) is 10.8. The van der Waals surface area contributed by atoms with Crippen LogP contribution in [-0.4, -0.2) is 19.7 Å². The molecule has 0 aliphatic heterocycles. The summed E-state index contributed by atoms with van der Waals surface area (Å²) in [4.78, 5) is 0. The van der Waals surface area contributed by atoms with Gasteiger partial charge in [-0.1, -0.05) is 19.4 Å². The van der Waals surface area contributed by atoms with Gasteiger partial charge in [-0.05, 0) is 50.6 Å². The summed E-state index contributed by atoms with van der Waals surface area (Å²) < 4.78 is 5.97. The van der Waals surface area contributed by atoms with E-state index in [1.54, 1.807) is 0 Å². The molecule has 1 aromatic carbocycles. The third kappa shape index (κ3) is 3.86. The largest absolute Gasteiger partial charge is 0.489 e. The molecular weight excluding hydrogens is 198 g/mol. The van der Waals surface area contributed by atoms with Crippen LogP contribution < -0.4 is 10.1 Å². The van der Waals surface area contributed by atoms with Gasteiger partial charge in [0.05, 0.1) is 0 Å². The van der Waals surface area contributed by atoms with Crippen LogP contribution in [0.1, 0.15) is 30.9 Å². The second-order valence-electron chi connectivity index (χ2n) is 4.33. The highest BCUT2D eigenvalue weighted by atomic mass is 16.5. The van der Waals surface area contributed by atoms with Gasteiger partial charge in [0.2, 0.25) is 0 Å². The molecule has 0 saturated heterocycles. The molecule has 1 unspecified atom stereocenters. The van der Waals surface area contributed by atoms with Crippen molar-refractivity contribution in [2.75, 3.05) is 13.6 Å². The molecule has 2 nitrogen and oxygen atoms in total. The van der Waals surface area contributed by atoms with Crippen LogP contribution in [0.3, 0.4) is 0 Å². The minimum Gasteiger partial charge on any atom is -0.489 e. The van der Waals surface area contributed by atoms with E-state index in [0.717, 1.165) is 25.1 Å². The maximum Gasteiger partial charge on any atom is 0.120 e. The maximum atomic E-state index is 5.97. The van der Waals surface area contributed by atoms with E-state index < -0.39 is 0 Å². The van der Waals surface area contributed by atoms with E-state index >= 15 is 0 Å². The predicted octanol–water partition coefficient (Wildman–Crippen LogP) is 3.07. The molecule has 1 aromatic rings. The lowest BCUT2D eigenvalue weighted by Gasteiger charge is -2.18. The molecule has 0 aromatic heterocycles. The second kappa shape index (κ2) is 6.54. The molecule has 0 saturated carbocycles. The quantitative estimate of drug-likeness (QED) is 0.797. The van der Waals surface area contributed by atoms with Gasteiger partial charge in [-0.2, -0.15) is 0 Å². The first kappa shape index (κ1) is 13.0. The Bertz CT molecular complexity index is 317. The standard InChI is InChI=1S/C14H23NO/c1-5-6-14(10-15-4)16-13-8-7-11(2)12(3)9-13/h7-9,14-15H,5-6,10H2,1-4H3. The van der Waals surface area contributed by atoms with Crippen LogP contribution in [-0.2, 0) is 0 Å². The number of rotatable bonds is 6. The lowest BCUT2D eigenvalue weighted by molar-refractivity contribution is 0.189. The summed E-state index contributed by atoms with van der Waals surface area (Å²) >= 11 is 0. The Balaban J connectivity index is 2.65. The van der Waals surface area contributed by atoms with Gasteiger partial charge < -0.3 is 10.1 Å². The van der Waals surface area contributed by atoms with E-state index in [9.17, 15) is 0 Å². The maximum absolute atomic E-state index is 5.97. The molecule has 1 rings (SSSR count). The number of likely N-dealkylation sites (N-methyl/N-ethyl adjacent to an activating group) is 1. The van der Waals surface area contributed by atoms with Crippen molar-refractivity contribution in [2.45, 2.75) is 39.7 Å². The Kier molecular flexibility index (Phi) is 5.33. The first-order chi connectivity index (χ1) is 7.67. The van der Waals surface area contributed by atoms with Crippen molar-refractivity contribution >= 4 is 0 Å². The van der Waals surface area contributed by atoms with Crippen LogP contribution in [0.2, 0.25) is 0 Å². The minimum atomic E-state index is 0.275. The molecule has 0 bridgehead atoms. The lowest BCUT2D eigenvalue weighted by atomic mass is 10.1. The number of ether oxygens (including phenoxy) is 1. The normalized spacial score (nSPS) is 12.5. The Morgan fingerprint density at radius 1 is 1.25 bits per heavy atom.